The summed E-state index contributed by atoms with van der Waals surface area (Å²) in [5, 5.41) is 0. The predicted octanol–water partition coefficient (Wildman–Crippen LogP) is 3.24. The number of halogens is 5. The fourth-order valence-corrected chi connectivity index (χ4v) is 1.00. The SMILES string of the molecule is Nc1ccc(OCCC(F)(F)C(F)(F)F)cc1. The largest absolute Gasteiger partial charge is 0.493 e. The first-order chi connectivity index (χ1) is 7.72. The number of anilines is 1. The van der Waals surface area contributed by atoms with Gasteiger partial charge in [-0.2, -0.15) is 22.0 Å². The van der Waals surface area contributed by atoms with E-state index in [1.54, 1.807) is 0 Å². The molecule has 0 heterocycles. The summed E-state index contributed by atoms with van der Waals surface area (Å²) in [4.78, 5) is 0. The van der Waals surface area contributed by atoms with E-state index < -0.39 is 25.1 Å². The highest BCUT2D eigenvalue weighted by Crippen LogP contribution is 2.37. The number of hydrogen-bond donors (Lipinski definition) is 1. The number of hydrogen-bond acceptors (Lipinski definition) is 2. The van der Waals surface area contributed by atoms with E-state index in [0.29, 0.717) is 5.69 Å². The van der Waals surface area contributed by atoms with Crippen molar-refractivity contribution >= 4 is 5.69 Å². The number of alkyl halides is 5. The van der Waals surface area contributed by atoms with Crippen LogP contribution in [-0.4, -0.2) is 18.7 Å². The summed E-state index contributed by atoms with van der Waals surface area (Å²) in [5.74, 6) is -4.54. The second kappa shape index (κ2) is 4.77. The van der Waals surface area contributed by atoms with Crippen molar-refractivity contribution in [3.8, 4) is 5.75 Å². The second-order valence-corrected chi connectivity index (χ2v) is 3.37. The minimum Gasteiger partial charge on any atom is -0.493 e. The second-order valence-electron chi connectivity index (χ2n) is 3.37. The van der Waals surface area contributed by atoms with Crippen LogP contribution in [0.15, 0.2) is 24.3 Å². The Bertz CT molecular complexity index is 360. The first kappa shape index (κ1) is 13.5. The van der Waals surface area contributed by atoms with Crippen LogP contribution in [0, 0.1) is 0 Å². The van der Waals surface area contributed by atoms with Gasteiger partial charge < -0.3 is 10.5 Å². The summed E-state index contributed by atoms with van der Waals surface area (Å²) in [6, 6.07) is 5.69. The summed E-state index contributed by atoms with van der Waals surface area (Å²) in [6.07, 6.45) is -6.96. The Kier molecular flexibility index (Phi) is 3.79. The number of benzene rings is 1. The minimum absolute atomic E-state index is 0.192. The first-order valence-electron chi connectivity index (χ1n) is 4.65. The van der Waals surface area contributed by atoms with Crippen LogP contribution in [0.3, 0.4) is 0 Å². The summed E-state index contributed by atoms with van der Waals surface area (Å²) in [5.41, 5.74) is 5.80. The molecule has 1 aromatic rings. The van der Waals surface area contributed by atoms with Gasteiger partial charge in [0, 0.05) is 5.69 Å². The molecule has 0 spiro atoms. The smallest absolute Gasteiger partial charge is 0.453 e. The summed E-state index contributed by atoms with van der Waals surface area (Å²) >= 11 is 0. The number of nitrogens with two attached hydrogens (primary N) is 1. The highest BCUT2D eigenvalue weighted by molar-refractivity contribution is 5.41. The molecule has 17 heavy (non-hydrogen) atoms. The van der Waals surface area contributed by atoms with Gasteiger partial charge in [0.25, 0.3) is 0 Å². The molecule has 0 radical (unpaired) electrons. The number of rotatable bonds is 4. The van der Waals surface area contributed by atoms with E-state index in [0.717, 1.165) is 0 Å². The van der Waals surface area contributed by atoms with Crippen molar-refractivity contribution < 1.29 is 26.7 Å². The Morgan fingerprint density at radius 1 is 1.00 bits per heavy atom. The summed E-state index contributed by atoms with van der Waals surface area (Å²) in [6.45, 7) is -0.726. The molecule has 0 saturated heterocycles. The van der Waals surface area contributed by atoms with Crippen LogP contribution >= 0.6 is 0 Å². The van der Waals surface area contributed by atoms with Crippen molar-refractivity contribution in [2.75, 3.05) is 12.3 Å². The standard InChI is InChI=1S/C10H10F5NO/c11-9(12,10(13,14)15)5-6-17-8-3-1-7(16)2-4-8/h1-4H,5-6,16H2. The lowest BCUT2D eigenvalue weighted by Crippen LogP contribution is -2.37. The third-order valence-electron chi connectivity index (χ3n) is 1.98. The number of nitrogen functional groups attached to an aromatic ring is 1. The average Bonchev–Trinajstić information content (AvgIpc) is 2.19. The Balaban J connectivity index is 2.45. The molecule has 0 aliphatic heterocycles. The molecule has 0 fully saturated rings. The molecule has 96 valence electrons. The Morgan fingerprint density at radius 3 is 2.00 bits per heavy atom. The van der Waals surface area contributed by atoms with Gasteiger partial charge in [-0.15, -0.1) is 0 Å². The molecule has 2 nitrogen and oxygen atoms in total. The molecule has 0 aliphatic rings. The molecular weight excluding hydrogens is 245 g/mol. The fraction of sp³-hybridized carbons (Fsp3) is 0.400. The van der Waals surface area contributed by atoms with Gasteiger partial charge in [-0.05, 0) is 24.3 Å². The lowest BCUT2D eigenvalue weighted by Gasteiger charge is -2.19. The molecule has 0 aliphatic carbocycles. The molecule has 1 rings (SSSR count). The van der Waals surface area contributed by atoms with Gasteiger partial charge in [-0.3, -0.25) is 0 Å². The van der Waals surface area contributed by atoms with Crippen LogP contribution in [-0.2, 0) is 0 Å². The zero-order valence-electron chi connectivity index (χ0n) is 8.60. The molecule has 0 bridgehead atoms. The van der Waals surface area contributed by atoms with E-state index >= 15 is 0 Å². The van der Waals surface area contributed by atoms with Gasteiger partial charge >= 0.3 is 12.1 Å². The minimum atomic E-state index is -5.54. The normalized spacial score (nSPS) is 12.5. The van der Waals surface area contributed by atoms with Gasteiger partial charge in [0.05, 0.1) is 13.0 Å². The highest BCUT2D eigenvalue weighted by atomic mass is 19.4. The Morgan fingerprint density at radius 2 is 1.53 bits per heavy atom. The molecule has 0 aromatic heterocycles. The van der Waals surface area contributed by atoms with Crippen LogP contribution in [0.2, 0.25) is 0 Å². The molecule has 7 heteroatoms. The van der Waals surface area contributed by atoms with Gasteiger partial charge in [0.1, 0.15) is 5.75 Å². The molecule has 2 N–H and O–H groups in total. The van der Waals surface area contributed by atoms with Crippen LogP contribution in [0.4, 0.5) is 27.6 Å². The summed E-state index contributed by atoms with van der Waals surface area (Å²) in [7, 11) is 0. The van der Waals surface area contributed by atoms with Crippen LogP contribution in [0.25, 0.3) is 0 Å². The topological polar surface area (TPSA) is 35.2 Å². The van der Waals surface area contributed by atoms with Crippen molar-refractivity contribution in [1.29, 1.82) is 0 Å². The van der Waals surface area contributed by atoms with Crippen LogP contribution < -0.4 is 10.5 Å². The fourth-order valence-electron chi connectivity index (χ4n) is 1.00. The Labute approximate surface area is 94.2 Å². The van der Waals surface area contributed by atoms with E-state index in [1.165, 1.54) is 24.3 Å². The zero-order chi connectivity index (χ0) is 13.1. The lowest BCUT2D eigenvalue weighted by molar-refractivity contribution is -0.285. The van der Waals surface area contributed by atoms with E-state index in [2.05, 4.69) is 0 Å². The maximum Gasteiger partial charge on any atom is 0.453 e. The van der Waals surface area contributed by atoms with Gasteiger partial charge in [0.15, 0.2) is 0 Å². The number of ether oxygens (including phenoxy) is 1. The maximum atomic E-state index is 12.5. The zero-order valence-corrected chi connectivity index (χ0v) is 8.60. The van der Waals surface area contributed by atoms with Crippen LogP contribution in [0.1, 0.15) is 6.42 Å². The van der Waals surface area contributed by atoms with E-state index in [-0.39, 0.29) is 5.75 Å². The lowest BCUT2D eigenvalue weighted by atomic mass is 10.2. The molecule has 0 amide bonds. The predicted molar refractivity (Wildman–Crippen MR) is 52.0 cm³/mol. The van der Waals surface area contributed by atoms with E-state index in [4.69, 9.17) is 10.5 Å². The van der Waals surface area contributed by atoms with Crippen molar-refractivity contribution in [1.82, 2.24) is 0 Å². The molecule has 0 atom stereocenters. The monoisotopic (exact) mass is 255 g/mol. The Hall–Kier alpha value is -1.53. The van der Waals surface area contributed by atoms with Crippen molar-refractivity contribution in [3.05, 3.63) is 24.3 Å². The summed E-state index contributed by atoms with van der Waals surface area (Å²) < 4.78 is 65.1. The van der Waals surface area contributed by atoms with Crippen molar-refractivity contribution in [2.45, 2.75) is 18.5 Å². The van der Waals surface area contributed by atoms with Crippen LogP contribution in [0.5, 0.6) is 5.75 Å². The quantitative estimate of drug-likeness (QED) is 0.662. The third kappa shape index (κ3) is 3.76. The third-order valence-corrected chi connectivity index (χ3v) is 1.98. The van der Waals surface area contributed by atoms with E-state index in [1.807, 2.05) is 0 Å². The van der Waals surface area contributed by atoms with Crippen molar-refractivity contribution in [3.63, 3.8) is 0 Å². The van der Waals surface area contributed by atoms with E-state index in [9.17, 15) is 22.0 Å². The first-order valence-corrected chi connectivity index (χ1v) is 4.65. The maximum absolute atomic E-state index is 12.5. The average molecular weight is 255 g/mol. The highest BCUT2D eigenvalue weighted by Gasteiger charge is 2.56. The van der Waals surface area contributed by atoms with Gasteiger partial charge in [-0.25, -0.2) is 0 Å². The van der Waals surface area contributed by atoms with Gasteiger partial charge in [0.2, 0.25) is 0 Å². The molecule has 1 aromatic carbocycles. The molecular formula is C10H10F5NO. The van der Waals surface area contributed by atoms with Crippen molar-refractivity contribution in [2.24, 2.45) is 0 Å². The molecule has 0 saturated carbocycles. The van der Waals surface area contributed by atoms with Gasteiger partial charge in [-0.1, -0.05) is 0 Å². The molecule has 0 unspecified atom stereocenters.